The van der Waals surface area contributed by atoms with Crippen molar-refractivity contribution in [2.45, 2.75) is 25.8 Å². The smallest absolute Gasteiger partial charge is 0.236 e. The van der Waals surface area contributed by atoms with Gasteiger partial charge in [0.25, 0.3) is 0 Å². The third-order valence-corrected chi connectivity index (χ3v) is 4.20. The summed E-state index contributed by atoms with van der Waals surface area (Å²) >= 11 is 0. The summed E-state index contributed by atoms with van der Waals surface area (Å²) in [5.74, 6) is 0.458. The number of nitrogens with two attached hydrogens (primary N) is 1. The number of amides is 1. The maximum Gasteiger partial charge on any atom is 0.236 e. The molecule has 2 atom stereocenters. The molecule has 0 radical (unpaired) electrons. The van der Waals surface area contributed by atoms with Crippen molar-refractivity contribution in [2.75, 3.05) is 32.7 Å². The lowest BCUT2D eigenvalue weighted by atomic mass is 9.95. The molecule has 6 heteroatoms. The van der Waals surface area contributed by atoms with Crippen molar-refractivity contribution in [3.63, 3.8) is 0 Å². The summed E-state index contributed by atoms with van der Waals surface area (Å²) in [5.41, 5.74) is 7.46. The standard InChI is InChI=1S/C16H25N3O.2ClH/c1-3-18(4-2)12-16(20)19-10-14(15(17)11-19)13-8-6-5-7-9-13;;/h5-9,14-15H,3-4,10-12,17H2,1-2H3;2*1H/t14-,15+;;/m0../s1. The first-order valence-electron chi connectivity index (χ1n) is 7.46. The summed E-state index contributed by atoms with van der Waals surface area (Å²) in [6, 6.07) is 10.3. The van der Waals surface area contributed by atoms with Crippen LogP contribution in [0.5, 0.6) is 0 Å². The Kier molecular flexibility index (Phi) is 9.69. The number of likely N-dealkylation sites (tertiary alicyclic amines) is 1. The third kappa shape index (κ3) is 5.13. The van der Waals surface area contributed by atoms with E-state index in [0.29, 0.717) is 13.1 Å². The SMILES string of the molecule is CCN(CC)CC(=O)N1C[C@@H](N)[C@H](c2ccccc2)C1.Cl.Cl. The van der Waals surface area contributed by atoms with Crippen LogP contribution in [0, 0.1) is 0 Å². The van der Waals surface area contributed by atoms with Gasteiger partial charge < -0.3 is 10.6 Å². The average Bonchev–Trinajstić information content (AvgIpc) is 2.87. The Morgan fingerprint density at radius 2 is 1.77 bits per heavy atom. The number of likely N-dealkylation sites (N-methyl/N-ethyl adjacent to an activating group) is 1. The number of carbonyl (C=O) groups excluding carboxylic acids is 1. The fourth-order valence-corrected chi connectivity index (χ4v) is 2.82. The van der Waals surface area contributed by atoms with E-state index in [1.807, 2.05) is 23.1 Å². The van der Waals surface area contributed by atoms with Gasteiger partial charge in [-0.25, -0.2) is 0 Å². The normalized spacial score (nSPS) is 20.5. The Morgan fingerprint density at radius 3 is 2.32 bits per heavy atom. The molecule has 1 aromatic carbocycles. The minimum Gasteiger partial charge on any atom is -0.339 e. The summed E-state index contributed by atoms with van der Waals surface area (Å²) in [4.78, 5) is 16.4. The van der Waals surface area contributed by atoms with E-state index >= 15 is 0 Å². The predicted molar refractivity (Wildman–Crippen MR) is 96.0 cm³/mol. The molecule has 1 aromatic rings. The molecular formula is C16H27Cl2N3O. The van der Waals surface area contributed by atoms with E-state index in [1.165, 1.54) is 5.56 Å². The molecule has 2 N–H and O–H groups in total. The highest BCUT2D eigenvalue weighted by Gasteiger charge is 2.33. The molecule has 0 spiro atoms. The lowest BCUT2D eigenvalue weighted by molar-refractivity contribution is -0.131. The Hall–Kier alpha value is -0.810. The molecule has 1 saturated heterocycles. The zero-order valence-electron chi connectivity index (χ0n) is 13.3. The monoisotopic (exact) mass is 347 g/mol. The lowest BCUT2D eigenvalue weighted by Crippen LogP contribution is -2.40. The van der Waals surface area contributed by atoms with E-state index in [1.54, 1.807) is 0 Å². The number of nitrogens with zero attached hydrogens (tertiary/aromatic N) is 2. The molecule has 1 aliphatic rings. The number of carbonyl (C=O) groups is 1. The van der Waals surface area contributed by atoms with Crippen molar-refractivity contribution < 1.29 is 4.79 Å². The molecule has 0 aromatic heterocycles. The Morgan fingerprint density at radius 1 is 1.18 bits per heavy atom. The van der Waals surface area contributed by atoms with Crippen LogP contribution in [0.15, 0.2) is 30.3 Å². The molecule has 0 saturated carbocycles. The highest BCUT2D eigenvalue weighted by molar-refractivity contribution is 5.85. The number of benzene rings is 1. The molecular weight excluding hydrogens is 321 g/mol. The molecule has 4 nitrogen and oxygen atoms in total. The van der Waals surface area contributed by atoms with E-state index < -0.39 is 0 Å². The zero-order chi connectivity index (χ0) is 14.5. The van der Waals surface area contributed by atoms with Crippen molar-refractivity contribution in [3.05, 3.63) is 35.9 Å². The van der Waals surface area contributed by atoms with E-state index in [4.69, 9.17) is 5.73 Å². The maximum atomic E-state index is 12.3. The fourth-order valence-electron chi connectivity index (χ4n) is 2.82. The molecule has 1 fully saturated rings. The summed E-state index contributed by atoms with van der Waals surface area (Å²) in [7, 11) is 0. The van der Waals surface area contributed by atoms with Crippen molar-refractivity contribution in [2.24, 2.45) is 5.73 Å². The third-order valence-electron chi connectivity index (χ3n) is 4.20. The number of hydrogen-bond acceptors (Lipinski definition) is 3. The van der Waals surface area contributed by atoms with Gasteiger partial charge in [-0.15, -0.1) is 24.8 Å². The van der Waals surface area contributed by atoms with Crippen LogP contribution in [0.25, 0.3) is 0 Å². The van der Waals surface area contributed by atoms with Crippen molar-refractivity contribution in [1.29, 1.82) is 0 Å². The van der Waals surface area contributed by atoms with E-state index in [0.717, 1.165) is 19.6 Å². The van der Waals surface area contributed by atoms with Crippen LogP contribution in [0.4, 0.5) is 0 Å². The first kappa shape index (κ1) is 21.2. The van der Waals surface area contributed by atoms with E-state index in [9.17, 15) is 4.79 Å². The molecule has 0 bridgehead atoms. The van der Waals surface area contributed by atoms with Crippen LogP contribution in [0.2, 0.25) is 0 Å². The van der Waals surface area contributed by atoms with Gasteiger partial charge in [-0.2, -0.15) is 0 Å². The summed E-state index contributed by atoms with van der Waals surface area (Å²) < 4.78 is 0. The van der Waals surface area contributed by atoms with E-state index in [-0.39, 0.29) is 42.7 Å². The topological polar surface area (TPSA) is 49.6 Å². The quantitative estimate of drug-likeness (QED) is 0.887. The zero-order valence-corrected chi connectivity index (χ0v) is 14.9. The Labute approximate surface area is 145 Å². The number of halogens is 2. The molecule has 0 aliphatic carbocycles. The van der Waals surface area contributed by atoms with Gasteiger partial charge in [-0.05, 0) is 18.7 Å². The van der Waals surface area contributed by atoms with Crippen molar-refractivity contribution >= 4 is 30.7 Å². The Bertz CT molecular complexity index is 440. The van der Waals surface area contributed by atoms with Crippen LogP contribution < -0.4 is 5.73 Å². The van der Waals surface area contributed by atoms with Gasteiger partial charge in [-0.3, -0.25) is 9.69 Å². The molecule has 1 aliphatic heterocycles. The second kappa shape index (κ2) is 10.1. The first-order valence-corrected chi connectivity index (χ1v) is 7.46. The van der Waals surface area contributed by atoms with Gasteiger partial charge in [0.05, 0.1) is 6.54 Å². The number of hydrogen-bond donors (Lipinski definition) is 1. The Balaban J connectivity index is 0.00000220. The summed E-state index contributed by atoms with van der Waals surface area (Å²) in [6.07, 6.45) is 0. The van der Waals surface area contributed by atoms with Gasteiger partial charge >= 0.3 is 0 Å². The van der Waals surface area contributed by atoms with Crippen LogP contribution >= 0.6 is 24.8 Å². The van der Waals surface area contributed by atoms with Crippen LogP contribution in [-0.4, -0.2) is 54.5 Å². The predicted octanol–water partition coefficient (Wildman–Crippen LogP) is 2.13. The lowest BCUT2D eigenvalue weighted by Gasteiger charge is -2.22. The minimum absolute atomic E-state index is 0. The van der Waals surface area contributed by atoms with Gasteiger partial charge in [0, 0.05) is 25.0 Å². The van der Waals surface area contributed by atoms with Crippen LogP contribution in [-0.2, 0) is 4.79 Å². The van der Waals surface area contributed by atoms with Crippen molar-refractivity contribution in [3.8, 4) is 0 Å². The van der Waals surface area contributed by atoms with Crippen LogP contribution in [0.1, 0.15) is 25.3 Å². The summed E-state index contributed by atoms with van der Waals surface area (Å²) in [5, 5.41) is 0. The fraction of sp³-hybridized carbons (Fsp3) is 0.562. The molecule has 126 valence electrons. The minimum atomic E-state index is 0. The largest absolute Gasteiger partial charge is 0.339 e. The maximum absolute atomic E-state index is 12.3. The van der Waals surface area contributed by atoms with Gasteiger partial charge in [0.15, 0.2) is 0 Å². The second-order valence-electron chi connectivity index (χ2n) is 5.44. The molecule has 1 heterocycles. The highest BCUT2D eigenvalue weighted by Crippen LogP contribution is 2.26. The second-order valence-corrected chi connectivity index (χ2v) is 5.44. The van der Waals surface area contributed by atoms with E-state index in [2.05, 4.69) is 30.9 Å². The van der Waals surface area contributed by atoms with Crippen LogP contribution in [0.3, 0.4) is 0 Å². The molecule has 0 unspecified atom stereocenters. The average molecular weight is 348 g/mol. The van der Waals surface area contributed by atoms with Gasteiger partial charge in [-0.1, -0.05) is 44.2 Å². The molecule has 22 heavy (non-hydrogen) atoms. The van der Waals surface area contributed by atoms with Gasteiger partial charge in [0.1, 0.15) is 0 Å². The molecule has 1 amide bonds. The number of rotatable bonds is 5. The summed E-state index contributed by atoms with van der Waals surface area (Å²) in [6.45, 7) is 7.89. The highest BCUT2D eigenvalue weighted by atomic mass is 35.5. The van der Waals surface area contributed by atoms with Gasteiger partial charge in [0.2, 0.25) is 5.91 Å². The molecule has 2 rings (SSSR count). The van der Waals surface area contributed by atoms with Crippen molar-refractivity contribution in [1.82, 2.24) is 9.80 Å². The first-order chi connectivity index (χ1) is 9.65.